The van der Waals surface area contributed by atoms with Gasteiger partial charge in [0.15, 0.2) is 11.6 Å². The molecule has 0 saturated carbocycles. The number of benzene rings is 8. The van der Waals surface area contributed by atoms with E-state index in [0.717, 1.165) is 41.9 Å². The second-order valence-corrected chi connectivity index (χ2v) is 18.8. The normalized spacial score (nSPS) is 14.2. The first-order valence-corrected chi connectivity index (χ1v) is 24.1. The van der Waals surface area contributed by atoms with Gasteiger partial charge in [-0.05, 0) is 122 Å². The van der Waals surface area contributed by atoms with E-state index in [1.165, 1.54) is 86.9 Å². The van der Waals surface area contributed by atoms with Crippen LogP contribution in [0.4, 0.5) is 11.4 Å². The maximum atomic E-state index is 13.3. The van der Waals surface area contributed by atoms with Crippen LogP contribution in [0, 0.1) is 13.8 Å². The second kappa shape index (κ2) is 18.7. The van der Waals surface area contributed by atoms with Crippen molar-refractivity contribution in [2.75, 3.05) is 23.9 Å². The number of ether oxygens (including phenoxy) is 1. The molecule has 15 heteroatoms. The molecule has 8 amide bonds. The number of ketones is 2. The van der Waals surface area contributed by atoms with Crippen molar-refractivity contribution in [2.45, 2.75) is 13.8 Å². The van der Waals surface area contributed by atoms with Gasteiger partial charge in [-0.15, -0.1) is 0 Å². The average molecular weight is 1020 g/mol. The van der Waals surface area contributed by atoms with Crippen LogP contribution < -0.4 is 14.5 Å². The van der Waals surface area contributed by atoms with Gasteiger partial charge in [0, 0.05) is 36.3 Å². The van der Waals surface area contributed by atoms with Crippen molar-refractivity contribution in [3.8, 4) is 22.6 Å². The Morgan fingerprint density at radius 2 is 0.571 bits per heavy atom. The van der Waals surface area contributed by atoms with E-state index in [0.29, 0.717) is 22.9 Å². The Morgan fingerprint density at radius 1 is 0.312 bits per heavy atom. The molecule has 0 N–H and O–H groups in total. The number of carbonyl (C=O) groups excluding carboxylic acids is 10. The van der Waals surface area contributed by atoms with Crippen LogP contribution in [0.1, 0.15) is 126 Å². The highest BCUT2D eigenvalue weighted by atomic mass is 16.5. The third kappa shape index (κ3) is 8.37. The Bertz CT molecular complexity index is 3980. The van der Waals surface area contributed by atoms with Gasteiger partial charge in [0.1, 0.15) is 11.5 Å². The summed E-state index contributed by atoms with van der Waals surface area (Å²) in [5, 5.41) is 0. The molecule has 4 heterocycles. The van der Waals surface area contributed by atoms with Crippen molar-refractivity contribution in [3.63, 3.8) is 0 Å². The standard InChI is InChI=1S/C31H20N2O6.C31H20N2O5/c1-17-3-9-21(10-4-17)39-22-11-7-20(8-12-22)33-30(37)24-14-6-19(16-26(24)31(33)38)27(34)18-5-13-23-25(15-18)29(36)32(2)28(23)35;1-17-3-5-18(6-4-17)19-7-11-22(12-8-19)33-30(37)24-14-10-21(16-26(24)31(33)38)27(34)20-9-13-23-25(15-20)29(36)32(2)28(23)35/h3-16H,1-2H3;3-16H,1-2H3. The van der Waals surface area contributed by atoms with Gasteiger partial charge in [0.05, 0.1) is 55.9 Å². The maximum Gasteiger partial charge on any atom is 0.266 e. The molecule has 77 heavy (non-hydrogen) atoms. The molecule has 0 aromatic heterocycles. The Hall–Kier alpha value is -10.5. The number of nitrogens with zero attached hydrogens (tertiary/aromatic N) is 4. The zero-order valence-corrected chi connectivity index (χ0v) is 41.4. The predicted molar refractivity (Wildman–Crippen MR) is 282 cm³/mol. The Kier molecular flexibility index (Phi) is 11.9. The molecule has 0 atom stereocenters. The van der Waals surface area contributed by atoms with Crippen LogP contribution in [-0.2, 0) is 0 Å². The third-order valence-electron chi connectivity index (χ3n) is 13.9. The Morgan fingerprint density at radius 3 is 0.935 bits per heavy atom. The van der Waals surface area contributed by atoms with Gasteiger partial charge in [0.25, 0.3) is 47.3 Å². The first-order valence-electron chi connectivity index (χ1n) is 24.1. The van der Waals surface area contributed by atoms with Crippen molar-refractivity contribution >= 4 is 70.2 Å². The molecule has 8 aromatic carbocycles. The van der Waals surface area contributed by atoms with E-state index in [9.17, 15) is 47.9 Å². The summed E-state index contributed by atoms with van der Waals surface area (Å²) >= 11 is 0. The van der Waals surface area contributed by atoms with Crippen LogP contribution in [0.5, 0.6) is 11.5 Å². The van der Waals surface area contributed by atoms with Crippen molar-refractivity contribution in [1.82, 2.24) is 9.80 Å². The predicted octanol–water partition coefficient (Wildman–Crippen LogP) is 9.96. The molecule has 0 radical (unpaired) electrons. The lowest BCUT2D eigenvalue weighted by Crippen LogP contribution is -2.29. The smallest absolute Gasteiger partial charge is 0.266 e. The van der Waals surface area contributed by atoms with Gasteiger partial charge in [0.2, 0.25) is 0 Å². The first kappa shape index (κ1) is 48.7. The van der Waals surface area contributed by atoms with Crippen LogP contribution in [0.3, 0.4) is 0 Å². The number of carbonyl (C=O) groups is 10. The highest BCUT2D eigenvalue weighted by Crippen LogP contribution is 2.35. The van der Waals surface area contributed by atoms with E-state index < -0.39 is 58.8 Å². The highest BCUT2D eigenvalue weighted by molar-refractivity contribution is 6.36. The van der Waals surface area contributed by atoms with E-state index in [1.807, 2.05) is 74.5 Å². The van der Waals surface area contributed by atoms with E-state index in [1.54, 1.807) is 36.4 Å². The molecular weight excluding hydrogens is 977 g/mol. The lowest BCUT2D eigenvalue weighted by molar-refractivity contribution is 0.0677. The summed E-state index contributed by atoms with van der Waals surface area (Å²) in [5.74, 6) is -3.47. The van der Waals surface area contributed by atoms with Crippen molar-refractivity contribution in [2.24, 2.45) is 0 Å². The minimum atomic E-state index is -0.548. The minimum Gasteiger partial charge on any atom is -0.457 e. The lowest BCUT2D eigenvalue weighted by Gasteiger charge is -2.14. The second-order valence-electron chi connectivity index (χ2n) is 18.8. The quantitative estimate of drug-likeness (QED) is 0.0987. The number of rotatable bonds is 9. The van der Waals surface area contributed by atoms with Crippen molar-refractivity contribution in [1.29, 1.82) is 0 Å². The number of imide groups is 4. The largest absolute Gasteiger partial charge is 0.457 e. The molecule has 0 aliphatic carbocycles. The molecule has 0 saturated heterocycles. The molecular formula is C62H40N4O11. The lowest BCUT2D eigenvalue weighted by atomic mass is 9.96. The number of amides is 8. The number of hydrogen-bond donors (Lipinski definition) is 0. The van der Waals surface area contributed by atoms with Crippen molar-refractivity contribution < 1.29 is 52.7 Å². The summed E-state index contributed by atoms with van der Waals surface area (Å²) in [4.78, 5) is 132. The summed E-state index contributed by atoms with van der Waals surface area (Å²) in [6.07, 6.45) is 0. The Labute approximate surface area is 439 Å². The summed E-state index contributed by atoms with van der Waals surface area (Å²) in [5.41, 5.74) is 7.29. The molecule has 4 aliphatic rings. The van der Waals surface area contributed by atoms with Crippen LogP contribution in [0.15, 0.2) is 170 Å². The van der Waals surface area contributed by atoms with Crippen LogP contribution in [0.25, 0.3) is 11.1 Å². The van der Waals surface area contributed by atoms with Gasteiger partial charge < -0.3 is 4.74 Å². The summed E-state index contributed by atoms with van der Waals surface area (Å²) < 4.78 is 5.83. The van der Waals surface area contributed by atoms with Crippen LogP contribution in [0.2, 0.25) is 0 Å². The van der Waals surface area contributed by atoms with E-state index in [4.69, 9.17) is 4.74 Å². The summed E-state index contributed by atoms with van der Waals surface area (Å²) in [7, 11) is 2.77. The highest BCUT2D eigenvalue weighted by Gasteiger charge is 2.40. The molecule has 4 aliphatic heterocycles. The van der Waals surface area contributed by atoms with Gasteiger partial charge in [-0.25, -0.2) is 9.80 Å². The summed E-state index contributed by atoms with van der Waals surface area (Å²) in [6.45, 7) is 4.00. The fraction of sp³-hybridized carbons (Fsp3) is 0.0645. The van der Waals surface area contributed by atoms with Gasteiger partial charge in [-0.3, -0.25) is 57.7 Å². The zero-order chi connectivity index (χ0) is 54.1. The third-order valence-corrected chi connectivity index (χ3v) is 13.9. The molecule has 0 unspecified atom stereocenters. The molecule has 15 nitrogen and oxygen atoms in total. The molecule has 12 rings (SSSR count). The molecule has 0 fully saturated rings. The van der Waals surface area contributed by atoms with Crippen molar-refractivity contribution in [3.05, 3.63) is 248 Å². The monoisotopic (exact) mass is 1020 g/mol. The number of aryl methyl sites for hydroxylation is 2. The van der Waals surface area contributed by atoms with Gasteiger partial charge in [-0.1, -0.05) is 83.9 Å². The minimum absolute atomic E-state index is 0.109. The molecule has 8 aromatic rings. The topological polar surface area (TPSA) is 193 Å². The SMILES string of the molecule is Cc1ccc(-c2ccc(N3C(=O)c4ccc(C(=O)c5ccc6c(c5)C(=O)N(C)C6=O)cc4C3=O)cc2)cc1.Cc1ccc(Oc2ccc(N3C(=O)c4ccc(C(=O)c5ccc6c(c5)C(=O)N(C)C6=O)cc4C3=O)cc2)cc1. The maximum absolute atomic E-state index is 13.3. The fourth-order valence-corrected chi connectivity index (χ4v) is 9.53. The summed E-state index contributed by atoms with van der Waals surface area (Å²) in [6, 6.07) is 46.7. The van der Waals surface area contributed by atoms with Gasteiger partial charge in [-0.2, -0.15) is 0 Å². The molecule has 0 spiro atoms. The van der Waals surface area contributed by atoms with E-state index >= 15 is 0 Å². The van der Waals surface area contributed by atoms with E-state index in [2.05, 4.69) is 0 Å². The van der Waals surface area contributed by atoms with Gasteiger partial charge >= 0.3 is 0 Å². The first-order chi connectivity index (χ1) is 37.0. The molecule has 0 bridgehead atoms. The van der Waals surface area contributed by atoms with E-state index in [-0.39, 0.29) is 66.8 Å². The fourth-order valence-electron chi connectivity index (χ4n) is 9.53. The van der Waals surface area contributed by atoms with Crippen LogP contribution >= 0.6 is 0 Å². The number of anilines is 2. The molecule has 374 valence electrons. The number of fused-ring (bicyclic) bond motifs is 4. The Balaban J connectivity index is 0.000000164. The average Bonchev–Trinajstić information content (AvgIpc) is 4.05. The number of hydrogen-bond acceptors (Lipinski definition) is 11. The zero-order valence-electron chi connectivity index (χ0n) is 41.4. The van der Waals surface area contributed by atoms with Crippen LogP contribution in [-0.4, -0.2) is 82.7 Å².